The quantitative estimate of drug-likeness (QED) is 0.601. The highest BCUT2D eigenvalue weighted by Gasteiger charge is 2.16. The van der Waals surface area contributed by atoms with E-state index in [1.54, 1.807) is 0 Å². The average Bonchev–Trinajstić information content (AvgIpc) is 2.33. The van der Waals surface area contributed by atoms with Crippen LogP contribution in [0, 0.1) is 21.8 Å². The number of halogens is 1. The smallest absolute Gasteiger partial charge is 0.311 e. The molecular formula is C12H17FN2O3. The number of nitro benzene ring substituents is 1. The minimum Gasteiger partial charge on any atom is -0.486 e. The Morgan fingerprint density at radius 2 is 2.28 bits per heavy atom. The Morgan fingerprint density at radius 1 is 1.56 bits per heavy atom. The van der Waals surface area contributed by atoms with Gasteiger partial charge in [0.2, 0.25) is 0 Å². The molecule has 1 unspecified atom stereocenters. The van der Waals surface area contributed by atoms with E-state index in [2.05, 4.69) is 5.32 Å². The molecule has 0 fully saturated rings. The van der Waals surface area contributed by atoms with Crippen LogP contribution in [0.25, 0.3) is 0 Å². The number of ether oxygens (including phenoxy) is 1. The number of hydrogen-bond acceptors (Lipinski definition) is 4. The first kappa shape index (κ1) is 14.4. The minimum atomic E-state index is -0.580. The van der Waals surface area contributed by atoms with Crippen molar-refractivity contribution in [2.24, 2.45) is 5.92 Å². The molecule has 18 heavy (non-hydrogen) atoms. The van der Waals surface area contributed by atoms with Crippen LogP contribution >= 0.6 is 0 Å². The Kier molecular flexibility index (Phi) is 5.51. The molecule has 0 aliphatic heterocycles. The number of benzene rings is 1. The summed E-state index contributed by atoms with van der Waals surface area (Å²) in [7, 11) is 0. The zero-order chi connectivity index (χ0) is 13.5. The van der Waals surface area contributed by atoms with Gasteiger partial charge in [-0.05, 0) is 12.6 Å². The Morgan fingerprint density at radius 3 is 2.89 bits per heavy atom. The summed E-state index contributed by atoms with van der Waals surface area (Å²) in [5.74, 6) is -0.383. The van der Waals surface area contributed by atoms with Gasteiger partial charge in [0.1, 0.15) is 5.82 Å². The summed E-state index contributed by atoms with van der Waals surface area (Å²) in [5.41, 5.74) is -0.216. The van der Waals surface area contributed by atoms with Crippen LogP contribution in [-0.4, -0.2) is 24.6 Å². The van der Waals surface area contributed by atoms with Gasteiger partial charge in [-0.3, -0.25) is 10.1 Å². The summed E-state index contributed by atoms with van der Waals surface area (Å²) in [6.07, 6.45) is 0. The number of hydrogen-bond donors (Lipinski definition) is 1. The molecule has 100 valence electrons. The minimum absolute atomic E-state index is 0.0247. The van der Waals surface area contributed by atoms with Crippen molar-refractivity contribution in [1.82, 2.24) is 5.32 Å². The van der Waals surface area contributed by atoms with E-state index in [0.717, 1.165) is 31.3 Å². The molecule has 0 saturated heterocycles. The van der Waals surface area contributed by atoms with Gasteiger partial charge in [0, 0.05) is 24.6 Å². The molecule has 0 bridgehead atoms. The van der Waals surface area contributed by atoms with Crippen molar-refractivity contribution in [1.29, 1.82) is 0 Å². The summed E-state index contributed by atoms with van der Waals surface area (Å²) in [6.45, 7) is 5.85. The van der Waals surface area contributed by atoms with Gasteiger partial charge >= 0.3 is 5.69 Å². The molecule has 1 aromatic carbocycles. The fraction of sp³-hybridized carbons (Fsp3) is 0.500. The maximum atomic E-state index is 13.0. The number of nitrogens with zero attached hydrogens (tertiary/aromatic N) is 1. The Hall–Kier alpha value is -1.69. The lowest BCUT2D eigenvalue weighted by molar-refractivity contribution is -0.386. The molecule has 1 aromatic rings. The molecule has 0 aliphatic rings. The largest absolute Gasteiger partial charge is 0.486 e. The van der Waals surface area contributed by atoms with Crippen LogP contribution in [0.15, 0.2) is 18.2 Å². The predicted molar refractivity (Wildman–Crippen MR) is 66.3 cm³/mol. The Bertz CT molecular complexity index is 412. The topological polar surface area (TPSA) is 64.4 Å². The van der Waals surface area contributed by atoms with Gasteiger partial charge in [0.15, 0.2) is 5.75 Å². The molecular weight excluding hydrogens is 239 g/mol. The molecule has 0 aromatic heterocycles. The van der Waals surface area contributed by atoms with E-state index >= 15 is 0 Å². The van der Waals surface area contributed by atoms with Crippen molar-refractivity contribution in [3.05, 3.63) is 34.1 Å². The first-order valence-electron chi connectivity index (χ1n) is 5.82. The molecule has 1 atom stereocenters. The van der Waals surface area contributed by atoms with E-state index in [-0.39, 0.29) is 17.4 Å². The highest BCUT2D eigenvalue weighted by molar-refractivity contribution is 5.46. The fourth-order valence-electron chi connectivity index (χ4n) is 1.44. The van der Waals surface area contributed by atoms with Crippen LogP contribution < -0.4 is 10.1 Å². The van der Waals surface area contributed by atoms with Crippen LogP contribution in [0.4, 0.5) is 10.1 Å². The zero-order valence-corrected chi connectivity index (χ0v) is 10.5. The monoisotopic (exact) mass is 256 g/mol. The van der Waals surface area contributed by atoms with E-state index in [0.29, 0.717) is 6.61 Å². The number of nitro groups is 1. The lowest BCUT2D eigenvalue weighted by atomic mass is 10.2. The van der Waals surface area contributed by atoms with E-state index in [9.17, 15) is 14.5 Å². The van der Waals surface area contributed by atoms with Crippen molar-refractivity contribution in [2.75, 3.05) is 19.7 Å². The van der Waals surface area contributed by atoms with Gasteiger partial charge in [-0.15, -0.1) is 0 Å². The third-order valence-electron chi connectivity index (χ3n) is 2.38. The summed E-state index contributed by atoms with van der Waals surface area (Å²) in [4.78, 5) is 10.2. The van der Waals surface area contributed by atoms with Gasteiger partial charge in [0.25, 0.3) is 0 Å². The maximum Gasteiger partial charge on any atom is 0.311 e. The second kappa shape index (κ2) is 6.90. The van der Waals surface area contributed by atoms with Gasteiger partial charge in [-0.1, -0.05) is 13.8 Å². The lowest BCUT2D eigenvalue weighted by Gasteiger charge is -2.13. The molecule has 0 heterocycles. The third-order valence-corrected chi connectivity index (χ3v) is 2.38. The average molecular weight is 256 g/mol. The van der Waals surface area contributed by atoms with Gasteiger partial charge in [-0.25, -0.2) is 4.39 Å². The van der Waals surface area contributed by atoms with E-state index in [1.807, 2.05) is 13.8 Å². The van der Waals surface area contributed by atoms with E-state index in [1.165, 1.54) is 0 Å². The lowest BCUT2D eigenvalue weighted by Crippen LogP contribution is -2.24. The first-order chi connectivity index (χ1) is 8.54. The number of nitrogens with one attached hydrogen (secondary N) is 1. The van der Waals surface area contributed by atoms with Crippen LogP contribution in [0.2, 0.25) is 0 Å². The van der Waals surface area contributed by atoms with Crippen LogP contribution in [0.5, 0.6) is 5.75 Å². The highest BCUT2D eigenvalue weighted by atomic mass is 19.1. The van der Waals surface area contributed by atoms with E-state index in [4.69, 9.17) is 4.74 Å². The number of rotatable bonds is 7. The molecule has 5 nitrogen and oxygen atoms in total. The van der Waals surface area contributed by atoms with Crippen LogP contribution in [-0.2, 0) is 0 Å². The van der Waals surface area contributed by atoms with Crippen molar-refractivity contribution in [3.8, 4) is 5.75 Å². The molecule has 6 heteroatoms. The second-order valence-corrected chi connectivity index (χ2v) is 4.09. The normalized spacial score (nSPS) is 12.2. The van der Waals surface area contributed by atoms with Crippen molar-refractivity contribution < 1.29 is 14.1 Å². The molecule has 1 rings (SSSR count). The zero-order valence-electron chi connectivity index (χ0n) is 10.5. The summed E-state index contributed by atoms with van der Waals surface area (Å²) in [5, 5.41) is 13.9. The first-order valence-corrected chi connectivity index (χ1v) is 5.82. The van der Waals surface area contributed by atoms with Crippen molar-refractivity contribution >= 4 is 5.69 Å². The summed E-state index contributed by atoms with van der Waals surface area (Å²) < 4.78 is 18.3. The van der Waals surface area contributed by atoms with Gasteiger partial charge in [0.05, 0.1) is 11.5 Å². The van der Waals surface area contributed by atoms with Crippen LogP contribution in [0.1, 0.15) is 13.8 Å². The summed E-state index contributed by atoms with van der Waals surface area (Å²) >= 11 is 0. The SMILES string of the molecule is CCNCC(C)COc1cc(F)ccc1[N+](=O)[O-]. The third kappa shape index (κ3) is 4.29. The standard InChI is InChI=1S/C12H17FN2O3/c1-3-14-7-9(2)8-18-12-6-10(13)4-5-11(12)15(16)17/h4-6,9,14H,3,7-8H2,1-2H3. The molecule has 0 spiro atoms. The van der Waals surface area contributed by atoms with Gasteiger partial charge < -0.3 is 10.1 Å². The van der Waals surface area contributed by atoms with E-state index < -0.39 is 10.7 Å². The molecule has 0 radical (unpaired) electrons. The van der Waals surface area contributed by atoms with Crippen molar-refractivity contribution in [3.63, 3.8) is 0 Å². The molecule has 0 aliphatic carbocycles. The molecule has 1 N–H and O–H groups in total. The molecule has 0 amide bonds. The summed E-state index contributed by atoms with van der Waals surface area (Å²) in [6, 6.07) is 3.20. The Labute approximate surface area is 105 Å². The van der Waals surface area contributed by atoms with Crippen LogP contribution in [0.3, 0.4) is 0 Å². The maximum absolute atomic E-state index is 13.0. The second-order valence-electron chi connectivity index (χ2n) is 4.09. The highest BCUT2D eigenvalue weighted by Crippen LogP contribution is 2.27. The predicted octanol–water partition coefficient (Wildman–Crippen LogP) is 2.36. The Balaban J connectivity index is 2.65. The van der Waals surface area contributed by atoms with Crippen molar-refractivity contribution in [2.45, 2.75) is 13.8 Å². The fourth-order valence-corrected chi connectivity index (χ4v) is 1.44. The van der Waals surface area contributed by atoms with Gasteiger partial charge in [-0.2, -0.15) is 0 Å². The molecule has 0 saturated carbocycles.